The number of piperidine rings is 1. The van der Waals surface area contributed by atoms with Crippen molar-refractivity contribution in [3.05, 3.63) is 0 Å². The maximum Gasteiger partial charge on any atom is 0.0389 e. The van der Waals surface area contributed by atoms with Crippen LogP contribution in [0.25, 0.3) is 0 Å². The number of hydrogen-bond acceptors (Lipinski definition) is 3. The molecule has 0 aromatic heterocycles. The zero-order chi connectivity index (χ0) is 12.1. The lowest BCUT2D eigenvalue weighted by Crippen LogP contribution is -2.65. The molecule has 0 amide bonds. The van der Waals surface area contributed by atoms with Gasteiger partial charge in [-0.05, 0) is 65.1 Å². The molecule has 3 fully saturated rings. The maximum atomic E-state index is 6.26. The molecule has 3 atom stereocenters. The first-order valence-electron chi connectivity index (χ1n) is 7.29. The molecular weight excluding hydrogens is 210 g/mol. The third kappa shape index (κ3) is 1.66. The average Bonchev–Trinajstić information content (AvgIpc) is 2.86. The van der Waals surface area contributed by atoms with Crippen molar-refractivity contribution in [3.8, 4) is 0 Å². The van der Waals surface area contributed by atoms with E-state index >= 15 is 0 Å². The lowest BCUT2D eigenvalue weighted by molar-refractivity contribution is -0.0304. The summed E-state index contributed by atoms with van der Waals surface area (Å²) in [6, 6.07) is 0. The predicted octanol–water partition coefficient (Wildman–Crippen LogP) is 1.28. The summed E-state index contributed by atoms with van der Waals surface area (Å²) >= 11 is 0. The summed E-state index contributed by atoms with van der Waals surface area (Å²) in [5, 5.41) is 0. The number of rotatable bonds is 2. The van der Waals surface area contributed by atoms with Crippen LogP contribution in [0.15, 0.2) is 0 Å². The second-order valence-corrected chi connectivity index (χ2v) is 6.91. The fourth-order valence-corrected chi connectivity index (χ4v) is 4.70. The van der Waals surface area contributed by atoms with E-state index in [0.717, 1.165) is 12.5 Å². The molecule has 3 aliphatic heterocycles. The van der Waals surface area contributed by atoms with Crippen molar-refractivity contribution in [1.82, 2.24) is 9.80 Å². The van der Waals surface area contributed by atoms with Gasteiger partial charge < -0.3 is 10.6 Å². The van der Waals surface area contributed by atoms with Crippen LogP contribution in [0.1, 0.15) is 39.5 Å². The Bertz CT molecular complexity index is 302. The molecule has 3 aliphatic rings. The highest BCUT2D eigenvalue weighted by Crippen LogP contribution is 2.45. The van der Waals surface area contributed by atoms with Gasteiger partial charge in [0.25, 0.3) is 0 Å². The van der Waals surface area contributed by atoms with Crippen molar-refractivity contribution in [3.63, 3.8) is 0 Å². The predicted molar refractivity (Wildman–Crippen MR) is 71.0 cm³/mol. The molecule has 3 heterocycles. The van der Waals surface area contributed by atoms with E-state index in [4.69, 9.17) is 5.73 Å². The van der Waals surface area contributed by atoms with E-state index in [2.05, 4.69) is 23.6 Å². The van der Waals surface area contributed by atoms with Crippen LogP contribution in [0.3, 0.4) is 0 Å². The molecule has 98 valence electrons. The van der Waals surface area contributed by atoms with E-state index in [9.17, 15) is 0 Å². The highest BCUT2D eigenvalue weighted by Gasteiger charge is 2.53. The van der Waals surface area contributed by atoms with Crippen molar-refractivity contribution in [2.24, 2.45) is 11.7 Å². The topological polar surface area (TPSA) is 32.5 Å². The van der Waals surface area contributed by atoms with Crippen LogP contribution in [-0.2, 0) is 0 Å². The van der Waals surface area contributed by atoms with Crippen molar-refractivity contribution in [2.75, 3.05) is 32.7 Å². The van der Waals surface area contributed by atoms with Crippen molar-refractivity contribution in [1.29, 1.82) is 0 Å². The second kappa shape index (κ2) is 3.94. The van der Waals surface area contributed by atoms with Crippen LogP contribution in [0, 0.1) is 5.92 Å². The second-order valence-electron chi connectivity index (χ2n) is 6.91. The van der Waals surface area contributed by atoms with E-state index in [1.807, 2.05) is 0 Å². The Balaban J connectivity index is 1.91. The smallest absolute Gasteiger partial charge is 0.0389 e. The van der Waals surface area contributed by atoms with Gasteiger partial charge in [-0.25, -0.2) is 0 Å². The van der Waals surface area contributed by atoms with Crippen LogP contribution in [0.4, 0.5) is 0 Å². The first-order valence-corrected chi connectivity index (χ1v) is 7.29. The van der Waals surface area contributed by atoms with Gasteiger partial charge in [0.1, 0.15) is 0 Å². The number of likely N-dealkylation sites (tertiary alicyclic amines) is 1. The first kappa shape index (κ1) is 11.9. The number of nitrogens with two attached hydrogens (primary N) is 1. The minimum atomic E-state index is 0.312. The van der Waals surface area contributed by atoms with Gasteiger partial charge in [0.2, 0.25) is 0 Å². The lowest BCUT2D eigenvalue weighted by atomic mass is 9.75. The van der Waals surface area contributed by atoms with Crippen LogP contribution < -0.4 is 5.73 Å². The SMILES string of the molecule is CC1(C)CCCN1C1(CN)CCN2CCC1C2. The zero-order valence-electron chi connectivity index (χ0n) is 11.4. The molecule has 17 heavy (non-hydrogen) atoms. The number of hydrogen-bond donors (Lipinski definition) is 1. The van der Waals surface area contributed by atoms with Gasteiger partial charge in [-0.3, -0.25) is 4.90 Å². The van der Waals surface area contributed by atoms with Gasteiger partial charge in [0.15, 0.2) is 0 Å². The third-order valence-corrected chi connectivity index (χ3v) is 5.69. The highest BCUT2D eigenvalue weighted by atomic mass is 15.3. The summed E-state index contributed by atoms with van der Waals surface area (Å²) in [4.78, 5) is 5.41. The zero-order valence-corrected chi connectivity index (χ0v) is 11.4. The standard InChI is InChI=1S/C14H27N3/c1-13(2)5-3-7-17(13)14(11-15)6-9-16-8-4-12(14)10-16/h12H,3-11,15H2,1-2H3. The molecule has 3 nitrogen and oxygen atoms in total. The van der Waals surface area contributed by atoms with E-state index in [1.54, 1.807) is 0 Å². The summed E-state index contributed by atoms with van der Waals surface area (Å²) in [5.41, 5.74) is 6.94. The normalized spacial score (nSPS) is 45.4. The van der Waals surface area contributed by atoms with Gasteiger partial charge in [0, 0.05) is 24.2 Å². The number of nitrogens with zero attached hydrogens (tertiary/aromatic N) is 2. The van der Waals surface area contributed by atoms with Gasteiger partial charge in [-0.1, -0.05) is 0 Å². The van der Waals surface area contributed by atoms with Gasteiger partial charge in [-0.2, -0.15) is 0 Å². The summed E-state index contributed by atoms with van der Waals surface area (Å²) in [5.74, 6) is 0.818. The Morgan fingerprint density at radius 2 is 2.00 bits per heavy atom. The van der Waals surface area contributed by atoms with Crippen molar-refractivity contribution >= 4 is 0 Å². The minimum absolute atomic E-state index is 0.312. The van der Waals surface area contributed by atoms with E-state index in [0.29, 0.717) is 11.1 Å². The van der Waals surface area contributed by atoms with Crippen LogP contribution >= 0.6 is 0 Å². The molecule has 2 N–H and O–H groups in total. The molecule has 3 unspecified atom stereocenters. The molecule has 0 aromatic rings. The van der Waals surface area contributed by atoms with Gasteiger partial charge >= 0.3 is 0 Å². The van der Waals surface area contributed by atoms with E-state index in [-0.39, 0.29) is 0 Å². The fourth-order valence-electron chi connectivity index (χ4n) is 4.70. The molecule has 3 saturated heterocycles. The molecule has 0 radical (unpaired) electrons. The average molecular weight is 237 g/mol. The fraction of sp³-hybridized carbons (Fsp3) is 1.00. The summed E-state index contributed by atoms with van der Waals surface area (Å²) in [7, 11) is 0. The summed E-state index contributed by atoms with van der Waals surface area (Å²) in [6.45, 7) is 10.8. The lowest BCUT2D eigenvalue weighted by Gasteiger charge is -2.53. The maximum absolute atomic E-state index is 6.26. The molecule has 3 rings (SSSR count). The quantitative estimate of drug-likeness (QED) is 0.785. The Morgan fingerprint density at radius 3 is 2.65 bits per heavy atom. The molecule has 0 aromatic carbocycles. The molecular formula is C14H27N3. The summed E-state index contributed by atoms with van der Waals surface area (Å²) in [6.07, 6.45) is 5.34. The Labute approximate surface area is 105 Å². The van der Waals surface area contributed by atoms with Gasteiger partial charge in [-0.15, -0.1) is 0 Å². The highest BCUT2D eigenvalue weighted by molar-refractivity contribution is 5.09. The van der Waals surface area contributed by atoms with Crippen LogP contribution in [0.2, 0.25) is 0 Å². The monoisotopic (exact) mass is 237 g/mol. The summed E-state index contributed by atoms with van der Waals surface area (Å²) < 4.78 is 0. The minimum Gasteiger partial charge on any atom is -0.329 e. The van der Waals surface area contributed by atoms with Crippen molar-refractivity contribution < 1.29 is 0 Å². The van der Waals surface area contributed by atoms with E-state index in [1.165, 1.54) is 51.9 Å². The van der Waals surface area contributed by atoms with Gasteiger partial charge in [0.05, 0.1) is 0 Å². The third-order valence-electron chi connectivity index (χ3n) is 5.69. The van der Waals surface area contributed by atoms with Crippen LogP contribution in [0.5, 0.6) is 0 Å². The first-order chi connectivity index (χ1) is 8.08. The number of fused-ring (bicyclic) bond motifs is 2. The molecule has 2 bridgehead atoms. The van der Waals surface area contributed by atoms with Crippen LogP contribution in [-0.4, -0.2) is 53.6 Å². The molecule has 0 spiro atoms. The largest absolute Gasteiger partial charge is 0.329 e. The molecule has 0 saturated carbocycles. The molecule has 0 aliphatic carbocycles. The van der Waals surface area contributed by atoms with E-state index < -0.39 is 0 Å². The Hall–Kier alpha value is -0.120. The molecule has 3 heteroatoms. The van der Waals surface area contributed by atoms with Crippen molar-refractivity contribution in [2.45, 2.75) is 50.6 Å². The Morgan fingerprint density at radius 1 is 1.18 bits per heavy atom. The Kier molecular flexibility index (Phi) is 2.77.